The van der Waals surface area contributed by atoms with Gasteiger partial charge in [0.25, 0.3) is 5.91 Å². The van der Waals surface area contributed by atoms with Crippen LogP contribution in [0.5, 0.6) is 0 Å². The quantitative estimate of drug-likeness (QED) is 0.557. The maximum Gasteiger partial charge on any atom is 0.435 e. The van der Waals surface area contributed by atoms with Crippen LogP contribution in [0.25, 0.3) is 5.69 Å². The van der Waals surface area contributed by atoms with Crippen molar-refractivity contribution in [2.24, 2.45) is 0 Å². The fourth-order valence-electron chi connectivity index (χ4n) is 2.51. The van der Waals surface area contributed by atoms with Gasteiger partial charge in [0.05, 0.1) is 11.3 Å². The van der Waals surface area contributed by atoms with E-state index >= 15 is 0 Å². The van der Waals surface area contributed by atoms with Crippen molar-refractivity contribution < 1.29 is 39.9 Å². The molecule has 4 nitrogen and oxygen atoms in total. The molecule has 158 valence electrons. The van der Waals surface area contributed by atoms with Crippen LogP contribution >= 0.6 is 0 Å². The van der Waals surface area contributed by atoms with Gasteiger partial charge in [-0.2, -0.15) is 31.4 Å². The summed E-state index contributed by atoms with van der Waals surface area (Å²) in [6, 6.07) is 6.33. The molecular formula is C18H9F8N3O. The Morgan fingerprint density at radius 1 is 0.900 bits per heavy atom. The average molecular weight is 435 g/mol. The molecule has 0 saturated carbocycles. The van der Waals surface area contributed by atoms with Crippen molar-refractivity contribution in [3.63, 3.8) is 0 Å². The maximum absolute atomic E-state index is 13.7. The van der Waals surface area contributed by atoms with Crippen molar-refractivity contribution in [2.45, 2.75) is 12.4 Å². The molecule has 0 radical (unpaired) electrons. The normalized spacial score (nSPS) is 12.1. The van der Waals surface area contributed by atoms with Crippen LogP contribution in [0.3, 0.4) is 0 Å². The fraction of sp³-hybridized carbons (Fsp3) is 0.111. The number of halogens is 8. The number of aromatic nitrogens is 2. The standard InChI is InChI=1S/C18H9F8N3O/c19-9-4-5-12(13(20)6-9)16(30)27-10-2-1-3-11(7-10)29-15(18(24,25)26)8-14(28-29)17(21,22)23/h1-8H,(H,27,30). The van der Waals surface area contributed by atoms with Crippen LogP contribution in [0.1, 0.15) is 21.7 Å². The number of hydrogen-bond donors (Lipinski definition) is 1. The molecule has 0 aliphatic carbocycles. The highest BCUT2D eigenvalue weighted by molar-refractivity contribution is 6.04. The molecule has 1 amide bonds. The van der Waals surface area contributed by atoms with Gasteiger partial charge in [-0.05, 0) is 30.3 Å². The molecule has 0 fully saturated rings. The molecule has 2 aromatic carbocycles. The highest BCUT2D eigenvalue weighted by Crippen LogP contribution is 2.36. The zero-order valence-corrected chi connectivity index (χ0v) is 14.4. The van der Waals surface area contributed by atoms with Crippen LogP contribution in [-0.2, 0) is 12.4 Å². The van der Waals surface area contributed by atoms with Crippen LogP contribution in [0.15, 0.2) is 48.5 Å². The summed E-state index contributed by atoms with van der Waals surface area (Å²) >= 11 is 0. The summed E-state index contributed by atoms with van der Waals surface area (Å²) in [5.74, 6) is -3.15. The van der Waals surface area contributed by atoms with Gasteiger partial charge in [-0.3, -0.25) is 4.79 Å². The molecule has 0 aliphatic heterocycles. The number of amides is 1. The van der Waals surface area contributed by atoms with Gasteiger partial charge in [0.15, 0.2) is 5.69 Å². The summed E-state index contributed by atoms with van der Waals surface area (Å²) in [5, 5.41) is 5.16. The second kappa shape index (κ2) is 7.43. The number of carbonyl (C=O) groups excluding carboxylic acids is 1. The Morgan fingerprint density at radius 2 is 1.60 bits per heavy atom. The fourth-order valence-corrected chi connectivity index (χ4v) is 2.51. The van der Waals surface area contributed by atoms with Gasteiger partial charge in [0, 0.05) is 17.8 Å². The second-order valence-corrected chi connectivity index (χ2v) is 5.95. The lowest BCUT2D eigenvalue weighted by molar-refractivity contribution is -0.143. The summed E-state index contributed by atoms with van der Waals surface area (Å²) in [6.45, 7) is 0. The van der Waals surface area contributed by atoms with Crippen molar-refractivity contribution >= 4 is 11.6 Å². The van der Waals surface area contributed by atoms with E-state index < -0.39 is 52.5 Å². The van der Waals surface area contributed by atoms with Gasteiger partial charge in [0.2, 0.25) is 0 Å². The Hall–Kier alpha value is -3.44. The zero-order valence-electron chi connectivity index (χ0n) is 14.4. The van der Waals surface area contributed by atoms with Gasteiger partial charge in [-0.1, -0.05) is 6.07 Å². The highest BCUT2D eigenvalue weighted by Gasteiger charge is 2.42. The van der Waals surface area contributed by atoms with E-state index in [1.807, 2.05) is 0 Å². The van der Waals surface area contributed by atoms with E-state index in [-0.39, 0.29) is 16.4 Å². The smallest absolute Gasteiger partial charge is 0.322 e. The number of carbonyl (C=O) groups is 1. The SMILES string of the molecule is O=C(Nc1cccc(-n2nc(C(F)(F)F)cc2C(F)(F)F)c1)c1ccc(F)cc1F. The molecule has 30 heavy (non-hydrogen) atoms. The van der Waals surface area contributed by atoms with Crippen LogP contribution in [0.4, 0.5) is 40.8 Å². The minimum atomic E-state index is -5.15. The van der Waals surface area contributed by atoms with Crippen molar-refractivity contribution in [2.75, 3.05) is 5.32 Å². The van der Waals surface area contributed by atoms with E-state index in [1.165, 1.54) is 6.07 Å². The van der Waals surface area contributed by atoms with Gasteiger partial charge in [-0.15, -0.1) is 0 Å². The predicted octanol–water partition coefficient (Wildman–Crippen LogP) is 5.44. The van der Waals surface area contributed by atoms with Crippen LogP contribution in [0, 0.1) is 11.6 Å². The first-order valence-electron chi connectivity index (χ1n) is 7.97. The third-order valence-electron chi connectivity index (χ3n) is 3.81. The molecule has 1 aromatic heterocycles. The van der Waals surface area contributed by atoms with Gasteiger partial charge in [-0.25, -0.2) is 13.5 Å². The molecule has 3 aromatic rings. The third-order valence-corrected chi connectivity index (χ3v) is 3.81. The molecule has 0 saturated heterocycles. The minimum absolute atomic E-state index is 0.0386. The topological polar surface area (TPSA) is 46.9 Å². The first-order chi connectivity index (χ1) is 13.9. The van der Waals surface area contributed by atoms with E-state index in [2.05, 4.69) is 10.4 Å². The first-order valence-corrected chi connectivity index (χ1v) is 7.97. The number of hydrogen-bond acceptors (Lipinski definition) is 2. The molecule has 1 heterocycles. The van der Waals surface area contributed by atoms with Crippen molar-refractivity contribution in [3.8, 4) is 5.69 Å². The Morgan fingerprint density at radius 3 is 2.20 bits per heavy atom. The molecule has 0 unspecified atom stereocenters. The highest BCUT2D eigenvalue weighted by atomic mass is 19.4. The predicted molar refractivity (Wildman–Crippen MR) is 87.9 cm³/mol. The lowest BCUT2D eigenvalue weighted by atomic mass is 10.2. The van der Waals surface area contributed by atoms with E-state index in [4.69, 9.17) is 0 Å². The minimum Gasteiger partial charge on any atom is -0.322 e. The number of nitrogens with zero attached hydrogens (tertiary/aromatic N) is 2. The molecule has 0 aliphatic rings. The second-order valence-electron chi connectivity index (χ2n) is 5.95. The monoisotopic (exact) mass is 435 g/mol. The van der Waals surface area contributed by atoms with Crippen LogP contribution < -0.4 is 5.32 Å². The molecule has 1 N–H and O–H groups in total. The van der Waals surface area contributed by atoms with Crippen molar-refractivity contribution in [1.82, 2.24) is 9.78 Å². The van der Waals surface area contributed by atoms with Gasteiger partial charge >= 0.3 is 12.4 Å². The largest absolute Gasteiger partial charge is 0.435 e. The van der Waals surface area contributed by atoms with E-state index in [1.54, 1.807) is 0 Å². The average Bonchev–Trinajstić information content (AvgIpc) is 3.08. The van der Waals surface area contributed by atoms with E-state index in [0.29, 0.717) is 6.07 Å². The first kappa shape index (κ1) is 21.3. The number of anilines is 1. The summed E-state index contributed by atoms with van der Waals surface area (Å²) in [5.41, 5.74) is -4.56. The van der Waals surface area contributed by atoms with Crippen LogP contribution in [0.2, 0.25) is 0 Å². The van der Waals surface area contributed by atoms with Crippen molar-refractivity contribution in [3.05, 3.63) is 77.1 Å². The van der Waals surface area contributed by atoms with Crippen LogP contribution in [-0.4, -0.2) is 15.7 Å². The lowest BCUT2D eigenvalue weighted by Gasteiger charge is -2.12. The van der Waals surface area contributed by atoms with E-state index in [0.717, 1.165) is 30.3 Å². The Bertz CT molecular complexity index is 1100. The molecule has 0 spiro atoms. The number of nitrogens with one attached hydrogen (secondary N) is 1. The van der Waals surface area contributed by atoms with Gasteiger partial charge in [0.1, 0.15) is 17.3 Å². The summed E-state index contributed by atoms with van der Waals surface area (Å²) in [6.07, 6.45) is -10.3. The maximum atomic E-state index is 13.7. The zero-order chi connectivity index (χ0) is 22.3. The molecule has 3 rings (SSSR count). The summed E-state index contributed by atoms with van der Waals surface area (Å²) < 4.78 is 105. The van der Waals surface area contributed by atoms with Gasteiger partial charge < -0.3 is 5.32 Å². The number of benzene rings is 2. The lowest BCUT2D eigenvalue weighted by Crippen LogP contribution is -2.15. The number of rotatable bonds is 3. The summed E-state index contributed by atoms with van der Waals surface area (Å²) in [7, 11) is 0. The molecule has 0 bridgehead atoms. The van der Waals surface area contributed by atoms with Crippen molar-refractivity contribution in [1.29, 1.82) is 0 Å². The molecule has 0 atom stereocenters. The molecule has 12 heteroatoms. The Kier molecular flexibility index (Phi) is 5.27. The third kappa shape index (κ3) is 4.42. The Labute approximate surface area is 162 Å². The number of alkyl halides is 6. The van der Waals surface area contributed by atoms with E-state index in [9.17, 15) is 39.9 Å². The molecular weight excluding hydrogens is 426 g/mol. The summed E-state index contributed by atoms with van der Waals surface area (Å²) in [4.78, 5) is 12.1. The Balaban J connectivity index is 1.98.